The van der Waals surface area contributed by atoms with E-state index in [1.165, 1.54) is 0 Å². The molecule has 0 bridgehead atoms. The van der Waals surface area contributed by atoms with E-state index >= 15 is 0 Å². The van der Waals surface area contributed by atoms with Crippen molar-refractivity contribution in [1.82, 2.24) is 10.6 Å². The van der Waals surface area contributed by atoms with Gasteiger partial charge in [0.2, 0.25) is 11.8 Å². The van der Waals surface area contributed by atoms with Gasteiger partial charge in [0, 0.05) is 31.8 Å². The Morgan fingerprint density at radius 3 is 2.61 bits per heavy atom. The molecule has 0 saturated heterocycles. The van der Waals surface area contributed by atoms with Gasteiger partial charge in [0.25, 0.3) is 0 Å². The highest BCUT2D eigenvalue weighted by atomic mass is 16.3. The van der Waals surface area contributed by atoms with Gasteiger partial charge in [-0.05, 0) is 12.1 Å². The van der Waals surface area contributed by atoms with Crippen molar-refractivity contribution in [1.29, 1.82) is 0 Å². The molecule has 18 heavy (non-hydrogen) atoms. The number of carbonyl (C=O) groups is 2. The first kappa shape index (κ1) is 14.3. The van der Waals surface area contributed by atoms with Crippen LogP contribution in [-0.2, 0) is 16.0 Å². The average molecular weight is 252 g/mol. The molecular weight excluding hydrogens is 232 g/mol. The fraction of sp³-hybridized carbons (Fsp3) is 0.538. The minimum absolute atomic E-state index is 0.000153. The van der Waals surface area contributed by atoms with Crippen molar-refractivity contribution in [2.75, 3.05) is 13.1 Å². The number of furan rings is 1. The van der Waals surface area contributed by atoms with Crippen molar-refractivity contribution in [2.45, 2.75) is 26.7 Å². The molecule has 0 aliphatic carbocycles. The lowest BCUT2D eigenvalue weighted by molar-refractivity contribution is -0.124. The number of amides is 2. The molecule has 1 aromatic heterocycles. The molecule has 100 valence electrons. The van der Waals surface area contributed by atoms with Crippen LogP contribution in [0.4, 0.5) is 0 Å². The summed E-state index contributed by atoms with van der Waals surface area (Å²) in [6, 6.07) is 3.64. The third-order valence-electron chi connectivity index (χ3n) is 2.45. The molecule has 5 heteroatoms. The molecular formula is C13H20N2O3. The topological polar surface area (TPSA) is 71.3 Å². The van der Waals surface area contributed by atoms with Crippen LogP contribution in [0.5, 0.6) is 0 Å². The van der Waals surface area contributed by atoms with Gasteiger partial charge in [-0.3, -0.25) is 9.59 Å². The standard InChI is InChI=1S/C13H20N2O3/c1-10(2)13(17)15-8-7-14-12(16)6-5-11-4-3-9-18-11/h3-4,9-10H,5-8H2,1-2H3,(H,14,16)(H,15,17). The van der Waals surface area contributed by atoms with Gasteiger partial charge < -0.3 is 15.1 Å². The van der Waals surface area contributed by atoms with Gasteiger partial charge in [-0.15, -0.1) is 0 Å². The van der Waals surface area contributed by atoms with E-state index in [1.54, 1.807) is 12.3 Å². The summed E-state index contributed by atoms with van der Waals surface area (Å²) >= 11 is 0. The van der Waals surface area contributed by atoms with Gasteiger partial charge in [0.05, 0.1) is 6.26 Å². The first-order chi connectivity index (χ1) is 8.59. The number of nitrogens with one attached hydrogen (secondary N) is 2. The molecule has 0 spiro atoms. The van der Waals surface area contributed by atoms with Gasteiger partial charge >= 0.3 is 0 Å². The van der Waals surface area contributed by atoms with Crippen LogP contribution in [0.3, 0.4) is 0 Å². The first-order valence-electron chi connectivity index (χ1n) is 6.16. The van der Waals surface area contributed by atoms with E-state index in [0.29, 0.717) is 25.9 Å². The Morgan fingerprint density at radius 1 is 1.28 bits per heavy atom. The van der Waals surface area contributed by atoms with Crippen LogP contribution >= 0.6 is 0 Å². The average Bonchev–Trinajstić information content (AvgIpc) is 2.84. The zero-order chi connectivity index (χ0) is 13.4. The normalized spacial score (nSPS) is 10.4. The van der Waals surface area contributed by atoms with E-state index in [9.17, 15) is 9.59 Å². The number of hydrogen-bond donors (Lipinski definition) is 2. The summed E-state index contributed by atoms with van der Waals surface area (Å²) < 4.78 is 5.13. The zero-order valence-electron chi connectivity index (χ0n) is 10.9. The predicted octanol–water partition coefficient (Wildman–Crippen LogP) is 1.10. The lowest BCUT2D eigenvalue weighted by Gasteiger charge is -2.08. The highest BCUT2D eigenvalue weighted by molar-refractivity contribution is 5.78. The largest absolute Gasteiger partial charge is 0.469 e. The second kappa shape index (κ2) is 7.53. The second-order valence-electron chi connectivity index (χ2n) is 4.38. The molecule has 2 amide bonds. The van der Waals surface area contributed by atoms with Crippen LogP contribution in [0.15, 0.2) is 22.8 Å². The molecule has 0 fully saturated rings. The third kappa shape index (κ3) is 5.52. The van der Waals surface area contributed by atoms with E-state index in [1.807, 2.05) is 19.9 Å². The maximum absolute atomic E-state index is 11.5. The molecule has 0 unspecified atom stereocenters. The summed E-state index contributed by atoms with van der Waals surface area (Å²) in [6.45, 7) is 4.58. The van der Waals surface area contributed by atoms with Crippen LogP contribution in [0.25, 0.3) is 0 Å². The van der Waals surface area contributed by atoms with Gasteiger partial charge in [0.15, 0.2) is 0 Å². The molecule has 0 aliphatic heterocycles. The molecule has 0 radical (unpaired) electrons. The van der Waals surface area contributed by atoms with Crippen LogP contribution in [0, 0.1) is 5.92 Å². The Kier molecular flexibility index (Phi) is 5.97. The van der Waals surface area contributed by atoms with Gasteiger partial charge in [-0.25, -0.2) is 0 Å². The molecule has 0 aliphatic rings. The second-order valence-corrected chi connectivity index (χ2v) is 4.38. The Hall–Kier alpha value is -1.78. The molecule has 0 saturated carbocycles. The van der Waals surface area contributed by atoms with Gasteiger partial charge in [-0.1, -0.05) is 13.8 Å². The SMILES string of the molecule is CC(C)C(=O)NCCNC(=O)CCc1ccco1. The minimum atomic E-state index is -0.0369. The molecule has 0 atom stereocenters. The Balaban J connectivity index is 2.05. The van der Waals surface area contributed by atoms with Crippen LogP contribution in [-0.4, -0.2) is 24.9 Å². The van der Waals surface area contributed by atoms with Crippen LogP contribution < -0.4 is 10.6 Å². The first-order valence-corrected chi connectivity index (χ1v) is 6.16. The van der Waals surface area contributed by atoms with E-state index in [0.717, 1.165) is 5.76 Å². The molecule has 0 aromatic carbocycles. The van der Waals surface area contributed by atoms with E-state index in [-0.39, 0.29) is 17.7 Å². The fourth-order valence-corrected chi connectivity index (χ4v) is 1.37. The fourth-order valence-electron chi connectivity index (χ4n) is 1.37. The van der Waals surface area contributed by atoms with Gasteiger partial charge in [-0.2, -0.15) is 0 Å². The number of hydrogen-bond acceptors (Lipinski definition) is 3. The molecule has 5 nitrogen and oxygen atoms in total. The van der Waals surface area contributed by atoms with E-state index in [2.05, 4.69) is 10.6 Å². The van der Waals surface area contributed by atoms with Crippen LogP contribution in [0.1, 0.15) is 26.0 Å². The van der Waals surface area contributed by atoms with Crippen LogP contribution in [0.2, 0.25) is 0 Å². The summed E-state index contributed by atoms with van der Waals surface area (Å²) in [5.74, 6) is 0.739. The third-order valence-corrected chi connectivity index (χ3v) is 2.45. The summed E-state index contributed by atoms with van der Waals surface area (Å²) in [5, 5.41) is 5.48. The summed E-state index contributed by atoms with van der Waals surface area (Å²) in [4.78, 5) is 22.7. The number of carbonyl (C=O) groups excluding carboxylic acids is 2. The maximum Gasteiger partial charge on any atom is 0.222 e. The minimum Gasteiger partial charge on any atom is -0.469 e. The number of aryl methyl sites for hydroxylation is 1. The van der Waals surface area contributed by atoms with E-state index < -0.39 is 0 Å². The molecule has 1 heterocycles. The van der Waals surface area contributed by atoms with Crippen molar-refractivity contribution in [3.8, 4) is 0 Å². The zero-order valence-corrected chi connectivity index (χ0v) is 10.9. The summed E-state index contributed by atoms with van der Waals surface area (Å²) in [5.41, 5.74) is 0. The summed E-state index contributed by atoms with van der Waals surface area (Å²) in [7, 11) is 0. The van der Waals surface area contributed by atoms with Gasteiger partial charge in [0.1, 0.15) is 5.76 Å². The number of rotatable bonds is 7. The lowest BCUT2D eigenvalue weighted by Crippen LogP contribution is -2.36. The van der Waals surface area contributed by atoms with E-state index in [4.69, 9.17) is 4.42 Å². The Bertz CT molecular complexity index is 372. The predicted molar refractivity (Wildman–Crippen MR) is 67.9 cm³/mol. The molecule has 1 aromatic rings. The monoisotopic (exact) mass is 252 g/mol. The van der Waals surface area contributed by atoms with Crippen molar-refractivity contribution in [3.63, 3.8) is 0 Å². The summed E-state index contributed by atoms with van der Waals surface area (Å²) in [6.07, 6.45) is 2.58. The molecule has 1 rings (SSSR count). The maximum atomic E-state index is 11.5. The van der Waals surface area contributed by atoms with Crippen molar-refractivity contribution < 1.29 is 14.0 Å². The van der Waals surface area contributed by atoms with Crippen molar-refractivity contribution >= 4 is 11.8 Å². The lowest BCUT2D eigenvalue weighted by atomic mass is 10.2. The van der Waals surface area contributed by atoms with Crippen molar-refractivity contribution in [2.24, 2.45) is 5.92 Å². The smallest absolute Gasteiger partial charge is 0.222 e. The highest BCUT2D eigenvalue weighted by Crippen LogP contribution is 2.02. The highest BCUT2D eigenvalue weighted by Gasteiger charge is 2.06. The Labute approximate surface area is 107 Å². The Morgan fingerprint density at radius 2 is 2.00 bits per heavy atom. The quantitative estimate of drug-likeness (QED) is 0.714. The molecule has 2 N–H and O–H groups in total. The van der Waals surface area contributed by atoms with Crippen molar-refractivity contribution in [3.05, 3.63) is 24.2 Å².